The third-order valence-electron chi connectivity index (χ3n) is 5.08. The molecule has 2 aliphatic heterocycles. The molecule has 1 amide bonds. The lowest BCUT2D eigenvalue weighted by Gasteiger charge is -2.28. The summed E-state index contributed by atoms with van der Waals surface area (Å²) in [4.78, 5) is 36.6. The van der Waals surface area contributed by atoms with E-state index in [4.69, 9.17) is 4.74 Å². The number of pyridine rings is 1. The fraction of sp³-hybridized carbons (Fsp3) is 0.400. The van der Waals surface area contributed by atoms with Gasteiger partial charge in [0.25, 0.3) is 5.91 Å². The molecule has 1 saturated heterocycles. The molecule has 0 spiro atoms. The number of aromatic nitrogens is 2. The molecule has 2 unspecified atom stereocenters. The minimum Gasteiger partial charge on any atom is -0.503 e. The standard InChI is InChI=1S/C20H21N3O4S/c1-11-19(28-12(2)22-11)17(24)15-16(13-5-3-7-21-9-13)23(20(26)18(15)25)10-14-6-4-8-27-14/h3,5,7,9,14,16,25H,4,6,8,10H2,1-2H3. The Hall–Kier alpha value is -2.58. The lowest BCUT2D eigenvalue weighted by molar-refractivity contribution is -0.131. The Bertz CT molecular complexity index is 948. The van der Waals surface area contributed by atoms with Crippen LogP contribution in [0.1, 0.15) is 44.8 Å². The van der Waals surface area contributed by atoms with Gasteiger partial charge in [-0.1, -0.05) is 6.07 Å². The summed E-state index contributed by atoms with van der Waals surface area (Å²) in [5, 5.41) is 11.4. The second-order valence-corrected chi connectivity index (χ2v) is 8.22. The van der Waals surface area contributed by atoms with E-state index < -0.39 is 17.7 Å². The van der Waals surface area contributed by atoms with E-state index in [1.807, 2.05) is 13.0 Å². The van der Waals surface area contributed by atoms with Crippen molar-refractivity contribution in [2.75, 3.05) is 13.2 Å². The van der Waals surface area contributed by atoms with E-state index in [1.54, 1.807) is 25.4 Å². The van der Waals surface area contributed by atoms with E-state index in [1.165, 1.54) is 16.2 Å². The predicted molar refractivity (Wildman–Crippen MR) is 103 cm³/mol. The number of hydrogen-bond acceptors (Lipinski definition) is 7. The van der Waals surface area contributed by atoms with Gasteiger partial charge in [0, 0.05) is 25.5 Å². The van der Waals surface area contributed by atoms with Gasteiger partial charge in [-0.15, -0.1) is 11.3 Å². The van der Waals surface area contributed by atoms with Crippen LogP contribution in [0.2, 0.25) is 0 Å². The summed E-state index contributed by atoms with van der Waals surface area (Å²) in [6.45, 7) is 4.56. The van der Waals surface area contributed by atoms with Gasteiger partial charge < -0.3 is 14.7 Å². The van der Waals surface area contributed by atoms with Crippen LogP contribution in [0, 0.1) is 13.8 Å². The SMILES string of the molecule is Cc1nc(C)c(C(=O)C2=C(O)C(=O)N(CC3CCCO3)C2c2cccnc2)s1. The molecule has 0 saturated carbocycles. The number of aliphatic hydroxyl groups is 1. The van der Waals surface area contributed by atoms with Crippen molar-refractivity contribution < 1.29 is 19.4 Å². The minimum absolute atomic E-state index is 0.0859. The Labute approximate surface area is 166 Å². The third kappa shape index (κ3) is 3.22. The molecule has 2 atom stereocenters. The second kappa shape index (κ2) is 7.44. The first-order chi connectivity index (χ1) is 13.5. The zero-order chi connectivity index (χ0) is 19.8. The zero-order valence-electron chi connectivity index (χ0n) is 15.7. The van der Waals surface area contributed by atoms with Crippen molar-refractivity contribution in [3.8, 4) is 0 Å². The van der Waals surface area contributed by atoms with Gasteiger partial charge in [0.15, 0.2) is 5.76 Å². The zero-order valence-corrected chi connectivity index (χ0v) is 16.5. The third-order valence-corrected chi connectivity index (χ3v) is 6.15. The lowest BCUT2D eigenvalue weighted by Crippen LogP contribution is -2.37. The number of hydrogen-bond donors (Lipinski definition) is 1. The van der Waals surface area contributed by atoms with Gasteiger partial charge in [-0.25, -0.2) is 4.98 Å². The molecule has 4 rings (SSSR count). The van der Waals surface area contributed by atoms with Gasteiger partial charge in [-0.3, -0.25) is 14.6 Å². The summed E-state index contributed by atoms with van der Waals surface area (Å²) in [5.41, 5.74) is 1.37. The smallest absolute Gasteiger partial charge is 0.290 e. The number of aliphatic hydroxyl groups excluding tert-OH is 1. The number of ketones is 1. The van der Waals surface area contributed by atoms with Crippen LogP contribution >= 0.6 is 11.3 Å². The van der Waals surface area contributed by atoms with Crippen LogP contribution < -0.4 is 0 Å². The minimum atomic E-state index is -0.695. The molecule has 0 aromatic carbocycles. The first kappa shape index (κ1) is 18.8. The maximum absolute atomic E-state index is 13.3. The van der Waals surface area contributed by atoms with Crippen molar-refractivity contribution in [2.24, 2.45) is 0 Å². The molecular formula is C20H21N3O4S. The Morgan fingerprint density at radius 1 is 1.43 bits per heavy atom. The highest BCUT2D eigenvalue weighted by atomic mass is 32.1. The van der Waals surface area contributed by atoms with Gasteiger partial charge in [-0.2, -0.15) is 0 Å². The van der Waals surface area contributed by atoms with Crippen LogP contribution in [0.25, 0.3) is 0 Å². The molecule has 2 aliphatic rings. The normalized spacial score (nSPS) is 22.4. The topological polar surface area (TPSA) is 92.6 Å². The van der Waals surface area contributed by atoms with Crippen LogP contribution in [0.15, 0.2) is 35.9 Å². The van der Waals surface area contributed by atoms with Crippen LogP contribution in [-0.4, -0.2) is 50.9 Å². The van der Waals surface area contributed by atoms with Crippen LogP contribution in [0.4, 0.5) is 0 Å². The molecule has 1 fully saturated rings. The summed E-state index contributed by atoms with van der Waals surface area (Å²) in [6.07, 6.45) is 4.94. The average Bonchev–Trinajstić information content (AvgIpc) is 3.37. The van der Waals surface area contributed by atoms with Gasteiger partial charge >= 0.3 is 0 Å². The van der Waals surface area contributed by atoms with Crippen molar-refractivity contribution in [3.05, 3.63) is 57.0 Å². The summed E-state index contributed by atoms with van der Waals surface area (Å²) in [5.74, 6) is -1.41. The Morgan fingerprint density at radius 2 is 2.25 bits per heavy atom. The molecule has 0 radical (unpaired) electrons. The second-order valence-electron chi connectivity index (χ2n) is 7.02. The molecule has 7 nitrogen and oxygen atoms in total. The van der Waals surface area contributed by atoms with E-state index in [0.717, 1.165) is 17.8 Å². The molecule has 146 valence electrons. The van der Waals surface area contributed by atoms with Gasteiger partial charge in [0.1, 0.15) is 0 Å². The number of ether oxygens (including phenoxy) is 1. The first-order valence-electron chi connectivity index (χ1n) is 9.21. The molecule has 2 aromatic heterocycles. The summed E-state index contributed by atoms with van der Waals surface area (Å²) < 4.78 is 5.68. The van der Waals surface area contributed by atoms with Crippen molar-refractivity contribution in [1.29, 1.82) is 0 Å². The lowest BCUT2D eigenvalue weighted by atomic mass is 9.96. The Kier molecular flexibility index (Phi) is 4.99. The van der Waals surface area contributed by atoms with Gasteiger partial charge in [0.2, 0.25) is 5.78 Å². The van der Waals surface area contributed by atoms with Gasteiger partial charge in [0.05, 0.1) is 33.3 Å². The quantitative estimate of drug-likeness (QED) is 0.777. The fourth-order valence-corrected chi connectivity index (χ4v) is 4.70. The number of rotatable bonds is 5. The van der Waals surface area contributed by atoms with E-state index >= 15 is 0 Å². The largest absolute Gasteiger partial charge is 0.503 e. The highest BCUT2D eigenvalue weighted by molar-refractivity contribution is 7.14. The highest BCUT2D eigenvalue weighted by Crippen LogP contribution is 2.40. The number of carbonyl (C=O) groups is 2. The fourth-order valence-electron chi connectivity index (χ4n) is 3.83. The molecular weight excluding hydrogens is 378 g/mol. The van der Waals surface area contributed by atoms with E-state index in [2.05, 4.69) is 9.97 Å². The van der Waals surface area contributed by atoms with Crippen LogP contribution in [-0.2, 0) is 9.53 Å². The van der Waals surface area contributed by atoms with Crippen molar-refractivity contribution in [1.82, 2.24) is 14.9 Å². The molecule has 28 heavy (non-hydrogen) atoms. The van der Waals surface area contributed by atoms with Crippen molar-refractivity contribution in [3.63, 3.8) is 0 Å². The molecule has 2 aromatic rings. The molecule has 8 heteroatoms. The highest BCUT2D eigenvalue weighted by Gasteiger charge is 2.45. The number of carbonyl (C=O) groups excluding carboxylic acids is 2. The Balaban J connectivity index is 1.76. The molecule has 4 heterocycles. The number of thiazole rings is 1. The maximum Gasteiger partial charge on any atom is 0.290 e. The predicted octanol–water partition coefficient (Wildman–Crippen LogP) is 2.91. The number of aryl methyl sites for hydroxylation is 2. The van der Waals surface area contributed by atoms with Crippen molar-refractivity contribution >= 4 is 23.0 Å². The first-order valence-corrected chi connectivity index (χ1v) is 10.0. The Morgan fingerprint density at radius 3 is 2.86 bits per heavy atom. The number of amides is 1. The monoisotopic (exact) mass is 399 g/mol. The number of nitrogens with zero attached hydrogens (tertiary/aromatic N) is 3. The van der Waals surface area contributed by atoms with Gasteiger partial charge in [-0.05, 0) is 38.3 Å². The number of Topliss-reactive ketones (excluding diaryl/α,β-unsaturated/α-hetero) is 1. The average molecular weight is 399 g/mol. The maximum atomic E-state index is 13.3. The van der Waals surface area contributed by atoms with Crippen LogP contribution in [0.5, 0.6) is 0 Å². The molecule has 0 bridgehead atoms. The molecule has 1 N–H and O–H groups in total. The summed E-state index contributed by atoms with van der Waals surface area (Å²) >= 11 is 1.27. The van der Waals surface area contributed by atoms with E-state index in [0.29, 0.717) is 29.3 Å². The summed E-state index contributed by atoms with van der Waals surface area (Å²) in [7, 11) is 0. The van der Waals surface area contributed by atoms with Crippen molar-refractivity contribution in [2.45, 2.75) is 38.8 Å². The van der Waals surface area contributed by atoms with Crippen LogP contribution in [0.3, 0.4) is 0 Å². The van der Waals surface area contributed by atoms with E-state index in [9.17, 15) is 14.7 Å². The van der Waals surface area contributed by atoms with E-state index in [-0.39, 0.29) is 17.5 Å². The molecule has 0 aliphatic carbocycles. The summed E-state index contributed by atoms with van der Waals surface area (Å²) in [6, 6.07) is 2.87.